The van der Waals surface area contributed by atoms with Gasteiger partial charge in [-0.2, -0.15) is 0 Å². The molecule has 2 nitrogen and oxygen atoms in total. The molecule has 1 aromatic carbocycles. The van der Waals surface area contributed by atoms with Crippen molar-refractivity contribution in [1.29, 1.82) is 0 Å². The van der Waals surface area contributed by atoms with Crippen LogP contribution in [-0.4, -0.2) is 18.8 Å². The molecule has 0 bridgehead atoms. The van der Waals surface area contributed by atoms with E-state index in [-0.39, 0.29) is 0 Å². The first kappa shape index (κ1) is 12.3. The highest BCUT2D eigenvalue weighted by atomic mass is 79.9. The fourth-order valence-corrected chi connectivity index (χ4v) is 3.56. The lowest BCUT2D eigenvalue weighted by molar-refractivity contribution is 0.410. The van der Waals surface area contributed by atoms with Crippen LogP contribution in [0.1, 0.15) is 12.8 Å². The standard InChI is InChI=1S/C12H17BrN2S/c13-10-3-4-11(14)12(6-10)16-8-9-2-1-5-15-7-9/h3-4,6,9,15H,1-2,5,7-8,14H2. The Kier molecular flexibility index (Phi) is 4.55. The van der Waals surface area contributed by atoms with Crippen molar-refractivity contribution in [1.82, 2.24) is 5.32 Å². The molecule has 1 aromatic rings. The maximum absolute atomic E-state index is 5.95. The van der Waals surface area contributed by atoms with Gasteiger partial charge in [0.1, 0.15) is 0 Å². The van der Waals surface area contributed by atoms with Crippen LogP contribution in [0.3, 0.4) is 0 Å². The topological polar surface area (TPSA) is 38.0 Å². The zero-order valence-electron chi connectivity index (χ0n) is 9.21. The Morgan fingerprint density at radius 3 is 3.12 bits per heavy atom. The van der Waals surface area contributed by atoms with Gasteiger partial charge in [0.15, 0.2) is 0 Å². The van der Waals surface area contributed by atoms with Crippen LogP contribution >= 0.6 is 27.7 Å². The third-order valence-electron chi connectivity index (χ3n) is 2.85. The quantitative estimate of drug-likeness (QED) is 0.665. The number of thioether (sulfide) groups is 1. The van der Waals surface area contributed by atoms with Crippen molar-refractivity contribution in [3.63, 3.8) is 0 Å². The largest absolute Gasteiger partial charge is 0.398 e. The molecule has 0 saturated carbocycles. The fraction of sp³-hybridized carbons (Fsp3) is 0.500. The Hall–Kier alpha value is -0.190. The second kappa shape index (κ2) is 5.94. The van der Waals surface area contributed by atoms with E-state index in [1.165, 1.54) is 24.3 Å². The Labute approximate surface area is 109 Å². The number of anilines is 1. The second-order valence-electron chi connectivity index (χ2n) is 4.21. The average molecular weight is 301 g/mol. The van der Waals surface area contributed by atoms with E-state index in [1.807, 2.05) is 23.9 Å². The molecular weight excluding hydrogens is 284 g/mol. The van der Waals surface area contributed by atoms with Crippen LogP contribution in [0.5, 0.6) is 0 Å². The summed E-state index contributed by atoms with van der Waals surface area (Å²) in [6, 6.07) is 6.06. The molecule has 2 rings (SSSR count). The van der Waals surface area contributed by atoms with Crippen molar-refractivity contribution >= 4 is 33.4 Å². The molecule has 3 N–H and O–H groups in total. The second-order valence-corrected chi connectivity index (χ2v) is 6.18. The smallest absolute Gasteiger partial charge is 0.0453 e. The lowest BCUT2D eigenvalue weighted by atomic mass is 10.0. The van der Waals surface area contributed by atoms with Crippen molar-refractivity contribution < 1.29 is 0 Å². The Morgan fingerprint density at radius 2 is 2.38 bits per heavy atom. The predicted octanol–water partition coefficient (Wildman–Crippen LogP) is 3.12. The van der Waals surface area contributed by atoms with E-state index < -0.39 is 0 Å². The van der Waals surface area contributed by atoms with Crippen LogP contribution in [0.25, 0.3) is 0 Å². The number of halogens is 1. The number of hydrogen-bond acceptors (Lipinski definition) is 3. The van der Waals surface area contributed by atoms with Crippen molar-refractivity contribution in [3.05, 3.63) is 22.7 Å². The molecule has 0 radical (unpaired) electrons. The molecule has 1 atom stereocenters. The molecule has 0 amide bonds. The van der Waals surface area contributed by atoms with E-state index in [0.29, 0.717) is 0 Å². The number of nitrogens with one attached hydrogen (secondary N) is 1. The minimum absolute atomic E-state index is 0.789. The van der Waals surface area contributed by atoms with Crippen molar-refractivity contribution in [2.24, 2.45) is 5.92 Å². The van der Waals surface area contributed by atoms with E-state index in [2.05, 4.69) is 27.3 Å². The fourth-order valence-electron chi connectivity index (χ4n) is 1.91. The lowest BCUT2D eigenvalue weighted by Crippen LogP contribution is -2.30. The van der Waals surface area contributed by atoms with Gasteiger partial charge in [0.05, 0.1) is 0 Å². The summed E-state index contributed by atoms with van der Waals surface area (Å²) in [7, 11) is 0. The van der Waals surface area contributed by atoms with E-state index >= 15 is 0 Å². The summed E-state index contributed by atoms with van der Waals surface area (Å²) in [4.78, 5) is 1.19. The summed E-state index contributed by atoms with van der Waals surface area (Å²) in [5, 5.41) is 3.44. The van der Waals surface area contributed by atoms with Crippen molar-refractivity contribution in [2.75, 3.05) is 24.6 Å². The SMILES string of the molecule is Nc1ccc(Br)cc1SCC1CCCNC1. The van der Waals surface area contributed by atoms with E-state index in [1.54, 1.807) is 0 Å². The first-order chi connectivity index (χ1) is 7.75. The third kappa shape index (κ3) is 3.40. The Morgan fingerprint density at radius 1 is 1.50 bits per heavy atom. The van der Waals surface area contributed by atoms with Crippen molar-refractivity contribution in [3.8, 4) is 0 Å². The first-order valence-electron chi connectivity index (χ1n) is 5.64. The van der Waals surface area contributed by atoms with Gasteiger partial charge >= 0.3 is 0 Å². The molecule has 0 spiro atoms. The Bertz CT molecular complexity index is 351. The van der Waals surface area contributed by atoms with E-state index in [4.69, 9.17) is 5.73 Å². The third-order valence-corrected chi connectivity index (χ3v) is 4.64. The molecule has 0 aliphatic carbocycles. The minimum atomic E-state index is 0.789. The van der Waals surface area contributed by atoms with Crippen molar-refractivity contribution in [2.45, 2.75) is 17.7 Å². The molecule has 1 fully saturated rings. The summed E-state index contributed by atoms with van der Waals surface area (Å²) in [5.41, 5.74) is 6.83. The molecule has 1 saturated heterocycles. The summed E-state index contributed by atoms with van der Waals surface area (Å²) < 4.78 is 1.10. The predicted molar refractivity (Wildman–Crippen MR) is 74.9 cm³/mol. The van der Waals surface area contributed by atoms with Gasteiger partial charge in [0.2, 0.25) is 0 Å². The first-order valence-corrected chi connectivity index (χ1v) is 7.42. The van der Waals surface area contributed by atoms with Gasteiger partial charge < -0.3 is 11.1 Å². The molecular formula is C12H17BrN2S. The lowest BCUT2D eigenvalue weighted by Gasteiger charge is -2.22. The van der Waals surface area contributed by atoms with E-state index in [9.17, 15) is 0 Å². The minimum Gasteiger partial charge on any atom is -0.398 e. The highest BCUT2D eigenvalue weighted by Gasteiger charge is 2.13. The van der Waals surface area contributed by atoms with Gasteiger partial charge in [0, 0.05) is 20.8 Å². The van der Waals surface area contributed by atoms with Gasteiger partial charge in [-0.15, -0.1) is 11.8 Å². The van der Waals surface area contributed by atoms with Crippen LogP contribution < -0.4 is 11.1 Å². The maximum Gasteiger partial charge on any atom is 0.0453 e. The molecule has 88 valence electrons. The maximum atomic E-state index is 5.95. The number of benzene rings is 1. The molecule has 0 aromatic heterocycles. The average Bonchev–Trinajstić information content (AvgIpc) is 2.32. The van der Waals surface area contributed by atoms with E-state index in [0.717, 1.165) is 28.4 Å². The molecule has 1 heterocycles. The normalized spacial score (nSPS) is 20.9. The van der Waals surface area contributed by atoms with Crippen LogP contribution in [-0.2, 0) is 0 Å². The summed E-state index contributed by atoms with van der Waals surface area (Å²) >= 11 is 5.35. The summed E-state index contributed by atoms with van der Waals surface area (Å²) in [5.74, 6) is 1.95. The molecule has 16 heavy (non-hydrogen) atoms. The Balaban J connectivity index is 1.90. The zero-order valence-corrected chi connectivity index (χ0v) is 11.6. The number of nitrogen functional groups attached to an aromatic ring is 1. The van der Waals surface area contributed by atoms with Crippen LogP contribution in [0.2, 0.25) is 0 Å². The molecule has 1 unspecified atom stereocenters. The van der Waals surface area contributed by atoms with Gasteiger partial charge in [-0.05, 0) is 50.0 Å². The molecule has 4 heteroatoms. The van der Waals surface area contributed by atoms with Gasteiger partial charge in [-0.3, -0.25) is 0 Å². The van der Waals surface area contributed by atoms with Gasteiger partial charge in [-0.25, -0.2) is 0 Å². The zero-order chi connectivity index (χ0) is 11.4. The van der Waals surface area contributed by atoms with Gasteiger partial charge in [-0.1, -0.05) is 15.9 Å². The summed E-state index contributed by atoms with van der Waals surface area (Å²) in [6.45, 7) is 2.33. The number of rotatable bonds is 3. The highest BCUT2D eigenvalue weighted by molar-refractivity contribution is 9.10. The van der Waals surface area contributed by atoms with Gasteiger partial charge in [0.25, 0.3) is 0 Å². The van der Waals surface area contributed by atoms with Crippen LogP contribution in [0.4, 0.5) is 5.69 Å². The summed E-state index contributed by atoms with van der Waals surface area (Å²) in [6.07, 6.45) is 2.65. The number of nitrogens with two attached hydrogens (primary N) is 1. The van der Waals surface area contributed by atoms with Crippen LogP contribution in [0, 0.1) is 5.92 Å². The van der Waals surface area contributed by atoms with Crippen LogP contribution in [0.15, 0.2) is 27.6 Å². The monoisotopic (exact) mass is 300 g/mol. The highest BCUT2D eigenvalue weighted by Crippen LogP contribution is 2.30. The molecule has 1 aliphatic heterocycles. The number of piperidine rings is 1. The number of hydrogen-bond donors (Lipinski definition) is 2. The molecule has 1 aliphatic rings.